The summed E-state index contributed by atoms with van der Waals surface area (Å²) in [7, 11) is 2.09. The van der Waals surface area contributed by atoms with Gasteiger partial charge in [0.15, 0.2) is 11.6 Å². The van der Waals surface area contributed by atoms with Crippen LogP contribution in [-0.4, -0.2) is 60.6 Å². The van der Waals surface area contributed by atoms with Crippen molar-refractivity contribution in [3.8, 4) is 0 Å². The second-order valence-corrected chi connectivity index (χ2v) is 11.0. The number of Topliss-reactive ketones (excluding diaryl/α,β-unsaturated/α-hetero) is 1. The maximum absolute atomic E-state index is 13.9. The summed E-state index contributed by atoms with van der Waals surface area (Å²) >= 11 is 0. The molecule has 1 atom stereocenters. The zero-order valence-corrected chi connectivity index (χ0v) is 22.5. The van der Waals surface area contributed by atoms with E-state index < -0.39 is 23.2 Å². The van der Waals surface area contributed by atoms with Gasteiger partial charge < -0.3 is 19.2 Å². The summed E-state index contributed by atoms with van der Waals surface area (Å²) in [6.45, 7) is 9.37. The van der Waals surface area contributed by atoms with Crippen molar-refractivity contribution in [2.45, 2.75) is 33.0 Å². The number of likely N-dealkylation sites (N-methyl/N-ethyl adjacent to an activating group) is 1. The lowest BCUT2D eigenvalue weighted by Crippen LogP contribution is -2.49. The Hall–Kier alpha value is -3.66. The van der Waals surface area contributed by atoms with Gasteiger partial charge in [-0.05, 0) is 49.9 Å². The standard InChI is InChI=1S/C29H32F3N5O2/c1-19-16-25(34-39-19)37-18-28(2,3)27(38)23(26(37)20-8-10-21(11-9-20)29(30,31)32)17-22-6-5-7-24(33-22)36-14-12-35(4)13-15-36/h5-11,16-17,26H,12-15,18H2,1-4H3. The number of pyridine rings is 1. The van der Waals surface area contributed by atoms with Crippen LogP contribution in [0.5, 0.6) is 0 Å². The number of piperazine rings is 1. The topological polar surface area (TPSA) is 65.7 Å². The molecular formula is C29H32F3N5O2. The first kappa shape index (κ1) is 26.9. The molecule has 39 heavy (non-hydrogen) atoms. The molecule has 1 unspecified atom stereocenters. The molecule has 0 N–H and O–H groups in total. The molecule has 2 aliphatic heterocycles. The van der Waals surface area contributed by atoms with Gasteiger partial charge in [-0.1, -0.05) is 37.2 Å². The molecular weight excluding hydrogens is 507 g/mol. The number of benzene rings is 1. The van der Waals surface area contributed by atoms with Gasteiger partial charge in [0, 0.05) is 49.8 Å². The molecule has 2 aromatic heterocycles. The summed E-state index contributed by atoms with van der Waals surface area (Å²) in [4.78, 5) is 25.2. The van der Waals surface area contributed by atoms with E-state index in [1.807, 2.05) is 36.9 Å². The summed E-state index contributed by atoms with van der Waals surface area (Å²) in [6.07, 6.45) is -2.69. The number of carbonyl (C=O) groups excluding carboxylic acids is 1. The van der Waals surface area contributed by atoms with Gasteiger partial charge in [0.05, 0.1) is 17.3 Å². The third kappa shape index (κ3) is 5.56. The van der Waals surface area contributed by atoms with Crippen molar-refractivity contribution in [3.05, 3.63) is 76.7 Å². The number of rotatable bonds is 4. The Balaban J connectivity index is 1.61. The molecule has 2 aliphatic rings. The smallest absolute Gasteiger partial charge is 0.360 e. The maximum Gasteiger partial charge on any atom is 0.416 e. The van der Waals surface area contributed by atoms with Crippen LogP contribution in [0.3, 0.4) is 0 Å². The van der Waals surface area contributed by atoms with Gasteiger partial charge in [0.25, 0.3) is 0 Å². The number of aromatic nitrogens is 2. The third-order valence-corrected chi connectivity index (χ3v) is 7.40. The Morgan fingerprint density at radius 1 is 1.03 bits per heavy atom. The van der Waals surface area contributed by atoms with E-state index in [9.17, 15) is 18.0 Å². The van der Waals surface area contributed by atoms with Crippen molar-refractivity contribution < 1.29 is 22.5 Å². The highest BCUT2D eigenvalue weighted by Crippen LogP contribution is 2.44. The zero-order chi connectivity index (χ0) is 27.9. The van der Waals surface area contributed by atoms with Crippen LogP contribution in [0.25, 0.3) is 6.08 Å². The van der Waals surface area contributed by atoms with E-state index in [1.54, 1.807) is 19.1 Å². The Morgan fingerprint density at radius 2 is 1.72 bits per heavy atom. The van der Waals surface area contributed by atoms with Crippen LogP contribution in [0.4, 0.5) is 24.8 Å². The second kappa shape index (κ2) is 10.1. The minimum absolute atomic E-state index is 0.0873. The first-order valence-corrected chi connectivity index (χ1v) is 13.0. The number of ketones is 1. The fraction of sp³-hybridized carbons (Fsp3) is 0.414. The van der Waals surface area contributed by atoms with Crippen molar-refractivity contribution in [1.29, 1.82) is 0 Å². The van der Waals surface area contributed by atoms with Crippen LogP contribution in [0.2, 0.25) is 0 Å². The van der Waals surface area contributed by atoms with E-state index in [0.29, 0.717) is 35.0 Å². The lowest BCUT2D eigenvalue weighted by Gasteiger charge is -2.44. The van der Waals surface area contributed by atoms with E-state index in [0.717, 1.165) is 44.1 Å². The average Bonchev–Trinajstić information content (AvgIpc) is 3.33. The Bertz CT molecular complexity index is 1370. The fourth-order valence-corrected chi connectivity index (χ4v) is 5.22. The lowest BCUT2D eigenvalue weighted by molar-refractivity contribution is -0.137. The zero-order valence-electron chi connectivity index (χ0n) is 22.5. The summed E-state index contributed by atoms with van der Waals surface area (Å²) in [5.74, 6) is 1.85. The number of anilines is 2. The van der Waals surface area contributed by atoms with Gasteiger partial charge in [0.2, 0.25) is 0 Å². The molecule has 0 spiro atoms. The average molecular weight is 540 g/mol. The van der Waals surface area contributed by atoms with Crippen molar-refractivity contribution in [2.24, 2.45) is 5.41 Å². The predicted octanol–water partition coefficient (Wildman–Crippen LogP) is 5.39. The minimum Gasteiger partial charge on any atom is -0.360 e. The van der Waals surface area contributed by atoms with Crippen LogP contribution >= 0.6 is 0 Å². The van der Waals surface area contributed by atoms with Crippen molar-refractivity contribution in [1.82, 2.24) is 15.0 Å². The molecule has 7 nitrogen and oxygen atoms in total. The fourth-order valence-electron chi connectivity index (χ4n) is 5.22. The molecule has 3 aromatic rings. The molecule has 10 heteroatoms. The molecule has 0 bridgehead atoms. The number of halogens is 3. The van der Waals surface area contributed by atoms with E-state index >= 15 is 0 Å². The monoisotopic (exact) mass is 539 g/mol. The van der Waals surface area contributed by atoms with Gasteiger partial charge in [0.1, 0.15) is 11.6 Å². The molecule has 2 fully saturated rings. The summed E-state index contributed by atoms with van der Waals surface area (Å²) in [5, 5.41) is 4.19. The van der Waals surface area contributed by atoms with Crippen molar-refractivity contribution in [2.75, 3.05) is 49.6 Å². The van der Waals surface area contributed by atoms with Gasteiger partial charge in [-0.3, -0.25) is 4.79 Å². The SMILES string of the molecule is Cc1cc(N2CC(C)(C)C(=O)C(=Cc3cccc(N4CCN(C)CC4)n3)C2c2ccc(C(F)(F)F)cc2)no1. The number of nitrogens with zero attached hydrogens (tertiary/aromatic N) is 5. The largest absolute Gasteiger partial charge is 0.416 e. The highest BCUT2D eigenvalue weighted by atomic mass is 19.4. The van der Waals surface area contributed by atoms with E-state index in [-0.39, 0.29) is 5.78 Å². The number of carbonyl (C=O) groups is 1. The third-order valence-electron chi connectivity index (χ3n) is 7.40. The summed E-state index contributed by atoms with van der Waals surface area (Å²) in [5.41, 5.74) is 0.0739. The quantitative estimate of drug-likeness (QED) is 0.412. The lowest BCUT2D eigenvalue weighted by atomic mass is 9.74. The molecule has 0 amide bonds. The van der Waals surface area contributed by atoms with Crippen LogP contribution in [0.1, 0.15) is 42.5 Å². The van der Waals surface area contributed by atoms with Crippen molar-refractivity contribution in [3.63, 3.8) is 0 Å². The Kier molecular flexibility index (Phi) is 7.00. The number of alkyl halides is 3. The van der Waals surface area contributed by atoms with Crippen LogP contribution in [-0.2, 0) is 11.0 Å². The second-order valence-electron chi connectivity index (χ2n) is 11.0. The van der Waals surface area contributed by atoms with E-state index in [1.165, 1.54) is 12.1 Å². The number of piperidine rings is 1. The Labute approximate surface area is 225 Å². The van der Waals surface area contributed by atoms with Crippen LogP contribution in [0, 0.1) is 12.3 Å². The molecule has 2 saturated heterocycles. The van der Waals surface area contributed by atoms with E-state index in [2.05, 4.69) is 22.0 Å². The van der Waals surface area contributed by atoms with Gasteiger partial charge in [-0.2, -0.15) is 13.2 Å². The maximum atomic E-state index is 13.9. The molecule has 0 saturated carbocycles. The molecule has 206 valence electrons. The number of hydrogen-bond donors (Lipinski definition) is 0. The number of hydrogen-bond acceptors (Lipinski definition) is 7. The Morgan fingerprint density at radius 3 is 2.33 bits per heavy atom. The van der Waals surface area contributed by atoms with Gasteiger partial charge >= 0.3 is 6.18 Å². The molecule has 4 heterocycles. The minimum atomic E-state index is -4.46. The first-order chi connectivity index (χ1) is 18.4. The van der Waals surface area contributed by atoms with Crippen LogP contribution < -0.4 is 9.80 Å². The summed E-state index contributed by atoms with van der Waals surface area (Å²) in [6, 6.07) is 11.8. The van der Waals surface area contributed by atoms with Crippen LogP contribution in [0.15, 0.2) is 58.6 Å². The first-order valence-electron chi connectivity index (χ1n) is 13.0. The molecule has 5 rings (SSSR count). The highest BCUT2D eigenvalue weighted by molar-refractivity contribution is 6.06. The summed E-state index contributed by atoms with van der Waals surface area (Å²) < 4.78 is 45.3. The molecule has 1 aromatic carbocycles. The van der Waals surface area contributed by atoms with Gasteiger partial charge in [-0.15, -0.1) is 0 Å². The molecule has 0 aliphatic carbocycles. The number of aryl methyl sites for hydroxylation is 1. The van der Waals surface area contributed by atoms with E-state index in [4.69, 9.17) is 9.51 Å². The van der Waals surface area contributed by atoms with Crippen molar-refractivity contribution >= 4 is 23.5 Å². The highest BCUT2D eigenvalue weighted by Gasteiger charge is 2.45. The van der Waals surface area contributed by atoms with Gasteiger partial charge in [-0.25, -0.2) is 4.98 Å². The predicted molar refractivity (Wildman–Crippen MR) is 143 cm³/mol. The normalized spacial score (nSPS) is 21.6. The molecule has 0 radical (unpaired) electrons.